The van der Waals surface area contributed by atoms with Crippen molar-refractivity contribution in [1.82, 2.24) is 9.71 Å². The zero-order valence-electron chi connectivity index (χ0n) is 9.84. The average molecular weight is 362 g/mol. The van der Waals surface area contributed by atoms with E-state index < -0.39 is 10.0 Å². The molecule has 1 heterocycles. The average Bonchev–Trinajstić information content (AvgIpc) is 2.85. The summed E-state index contributed by atoms with van der Waals surface area (Å²) in [5, 5.41) is 1.89. The van der Waals surface area contributed by atoms with Crippen LogP contribution in [0.3, 0.4) is 0 Å². The highest BCUT2D eigenvalue weighted by Crippen LogP contribution is 2.22. The first-order chi connectivity index (χ1) is 8.99. The number of nitrogens with zero attached hydrogens (tertiary/aromatic N) is 1. The molecule has 0 amide bonds. The van der Waals surface area contributed by atoms with E-state index in [0.717, 1.165) is 5.69 Å². The number of nitrogen functional groups attached to an aromatic ring is 1. The SMILES string of the molecule is Nc1cc(S(=O)(=O)NCCc2cscn2)ccc1Br. The highest BCUT2D eigenvalue weighted by molar-refractivity contribution is 9.10. The van der Waals surface area contributed by atoms with E-state index >= 15 is 0 Å². The number of nitrogens with two attached hydrogens (primary N) is 1. The Morgan fingerprint density at radius 2 is 2.21 bits per heavy atom. The van der Waals surface area contributed by atoms with Crippen LogP contribution in [0.15, 0.2) is 38.5 Å². The number of thiazole rings is 1. The third-order valence-corrected chi connectivity index (χ3v) is 5.25. The standard InChI is InChI=1S/C11H12BrN3O2S2/c12-10-2-1-9(5-11(10)13)19(16,17)15-4-3-8-6-18-7-14-8/h1-2,5-7,15H,3-4,13H2. The van der Waals surface area contributed by atoms with Crippen molar-refractivity contribution < 1.29 is 8.42 Å². The summed E-state index contributed by atoms with van der Waals surface area (Å²) in [6.45, 7) is 0.308. The number of benzene rings is 1. The highest BCUT2D eigenvalue weighted by Gasteiger charge is 2.14. The fourth-order valence-corrected chi connectivity index (χ4v) is 3.35. The summed E-state index contributed by atoms with van der Waals surface area (Å²) in [7, 11) is -3.53. The second-order valence-corrected chi connectivity index (χ2v) is 7.15. The van der Waals surface area contributed by atoms with Crippen molar-refractivity contribution in [2.24, 2.45) is 0 Å². The molecule has 8 heteroatoms. The Hall–Kier alpha value is -0.960. The molecular formula is C11H12BrN3O2S2. The van der Waals surface area contributed by atoms with Gasteiger partial charge in [-0.1, -0.05) is 0 Å². The lowest BCUT2D eigenvalue weighted by Crippen LogP contribution is -2.26. The number of hydrogen-bond acceptors (Lipinski definition) is 5. The third kappa shape index (κ3) is 3.75. The van der Waals surface area contributed by atoms with Crippen LogP contribution < -0.4 is 10.5 Å². The second kappa shape index (κ2) is 6.00. The maximum atomic E-state index is 12.0. The first kappa shape index (κ1) is 14.4. The van der Waals surface area contributed by atoms with E-state index in [0.29, 0.717) is 23.1 Å². The summed E-state index contributed by atoms with van der Waals surface area (Å²) in [4.78, 5) is 4.25. The Morgan fingerprint density at radius 3 is 2.84 bits per heavy atom. The van der Waals surface area contributed by atoms with Gasteiger partial charge >= 0.3 is 0 Å². The van der Waals surface area contributed by atoms with Gasteiger partial charge in [0.1, 0.15) is 0 Å². The molecular weight excluding hydrogens is 350 g/mol. The zero-order chi connectivity index (χ0) is 13.9. The molecule has 0 aliphatic rings. The van der Waals surface area contributed by atoms with Crippen molar-refractivity contribution >= 4 is 43.0 Å². The monoisotopic (exact) mass is 361 g/mol. The molecule has 1 aromatic heterocycles. The van der Waals surface area contributed by atoms with Crippen LogP contribution in [0.5, 0.6) is 0 Å². The van der Waals surface area contributed by atoms with E-state index in [2.05, 4.69) is 25.6 Å². The van der Waals surface area contributed by atoms with Crippen LogP contribution in [0, 0.1) is 0 Å². The van der Waals surface area contributed by atoms with Crippen LogP contribution in [-0.4, -0.2) is 19.9 Å². The van der Waals surface area contributed by atoms with Crippen molar-refractivity contribution in [1.29, 1.82) is 0 Å². The van der Waals surface area contributed by atoms with Gasteiger partial charge in [0.15, 0.2) is 0 Å². The molecule has 0 aliphatic carbocycles. The van der Waals surface area contributed by atoms with Gasteiger partial charge in [0.05, 0.1) is 16.1 Å². The Kier molecular flexibility index (Phi) is 4.56. The molecule has 0 fully saturated rings. The van der Waals surface area contributed by atoms with E-state index in [1.54, 1.807) is 11.6 Å². The minimum Gasteiger partial charge on any atom is -0.398 e. The van der Waals surface area contributed by atoms with Crippen LogP contribution in [0.2, 0.25) is 0 Å². The van der Waals surface area contributed by atoms with Crippen molar-refractivity contribution in [2.45, 2.75) is 11.3 Å². The quantitative estimate of drug-likeness (QED) is 0.797. The normalized spacial score (nSPS) is 11.6. The van der Waals surface area contributed by atoms with Crippen molar-refractivity contribution in [3.05, 3.63) is 39.3 Å². The van der Waals surface area contributed by atoms with Crippen LogP contribution in [0.25, 0.3) is 0 Å². The summed E-state index contributed by atoms with van der Waals surface area (Å²) in [5.41, 5.74) is 8.67. The van der Waals surface area contributed by atoms with Crippen LogP contribution in [0.4, 0.5) is 5.69 Å². The summed E-state index contributed by atoms with van der Waals surface area (Å²) >= 11 is 4.71. The number of anilines is 1. The molecule has 0 bridgehead atoms. The van der Waals surface area contributed by atoms with E-state index in [1.807, 2.05) is 5.38 Å². The molecule has 2 aromatic rings. The molecule has 0 aliphatic heterocycles. The topological polar surface area (TPSA) is 85.1 Å². The Labute approximate surface area is 124 Å². The molecule has 1 aromatic carbocycles. The first-order valence-corrected chi connectivity index (χ1v) is 8.63. The molecule has 0 radical (unpaired) electrons. The number of sulfonamides is 1. The fraction of sp³-hybridized carbons (Fsp3) is 0.182. The largest absolute Gasteiger partial charge is 0.398 e. The maximum absolute atomic E-state index is 12.0. The lowest BCUT2D eigenvalue weighted by Gasteiger charge is -2.07. The molecule has 0 atom stereocenters. The Balaban J connectivity index is 2.03. The van der Waals surface area contributed by atoms with Crippen molar-refractivity contribution in [3.8, 4) is 0 Å². The summed E-state index contributed by atoms with van der Waals surface area (Å²) in [6.07, 6.45) is 0.564. The number of rotatable bonds is 5. The summed E-state index contributed by atoms with van der Waals surface area (Å²) in [6, 6.07) is 4.55. The van der Waals surface area contributed by atoms with Gasteiger partial charge in [-0.25, -0.2) is 18.1 Å². The second-order valence-electron chi connectivity index (χ2n) is 3.81. The van der Waals surface area contributed by atoms with Gasteiger partial charge in [0, 0.05) is 28.5 Å². The van der Waals surface area contributed by atoms with Gasteiger partial charge in [-0.3, -0.25) is 0 Å². The van der Waals surface area contributed by atoms with Gasteiger partial charge < -0.3 is 5.73 Å². The van der Waals surface area contributed by atoms with Gasteiger partial charge in [-0.2, -0.15) is 0 Å². The zero-order valence-corrected chi connectivity index (χ0v) is 13.1. The number of nitrogens with one attached hydrogen (secondary N) is 1. The fourth-order valence-electron chi connectivity index (χ4n) is 1.45. The summed E-state index contributed by atoms with van der Waals surface area (Å²) < 4.78 is 27.2. The molecule has 102 valence electrons. The minimum absolute atomic E-state index is 0.159. The Morgan fingerprint density at radius 1 is 1.42 bits per heavy atom. The highest BCUT2D eigenvalue weighted by atomic mass is 79.9. The molecule has 0 spiro atoms. The molecule has 3 N–H and O–H groups in total. The van der Waals surface area contributed by atoms with Gasteiger partial charge in [-0.15, -0.1) is 11.3 Å². The third-order valence-electron chi connectivity index (χ3n) is 2.43. The van der Waals surface area contributed by atoms with Gasteiger partial charge in [0.2, 0.25) is 10.0 Å². The number of aromatic nitrogens is 1. The molecule has 2 rings (SSSR count). The van der Waals surface area contributed by atoms with E-state index in [9.17, 15) is 8.42 Å². The molecule has 5 nitrogen and oxygen atoms in total. The van der Waals surface area contributed by atoms with Crippen molar-refractivity contribution in [3.63, 3.8) is 0 Å². The lowest BCUT2D eigenvalue weighted by atomic mass is 10.3. The Bertz CT molecular complexity index is 657. The van der Waals surface area contributed by atoms with Crippen molar-refractivity contribution in [2.75, 3.05) is 12.3 Å². The van der Waals surface area contributed by atoms with Gasteiger partial charge in [0.25, 0.3) is 0 Å². The van der Waals surface area contributed by atoms with Crippen LogP contribution in [0.1, 0.15) is 5.69 Å². The van der Waals surface area contributed by atoms with Crippen LogP contribution in [-0.2, 0) is 16.4 Å². The molecule has 0 saturated heterocycles. The number of hydrogen-bond donors (Lipinski definition) is 2. The van der Waals surface area contributed by atoms with E-state index in [4.69, 9.17) is 5.73 Å². The minimum atomic E-state index is -3.53. The van der Waals surface area contributed by atoms with Crippen LogP contribution >= 0.6 is 27.3 Å². The predicted molar refractivity (Wildman–Crippen MR) is 79.6 cm³/mol. The maximum Gasteiger partial charge on any atom is 0.240 e. The number of halogens is 1. The molecule has 0 unspecified atom stereocenters. The predicted octanol–water partition coefficient (Wildman–Crippen LogP) is 2.01. The smallest absolute Gasteiger partial charge is 0.240 e. The first-order valence-electron chi connectivity index (χ1n) is 5.41. The van der Waals surface area contributed by atoms with Gasteiger partial charge in [-0.05, 0) is 34.1 Å². The van der Waals surface area contributed by atoms with E-state index in [-0.39, 0.29) is 4.90 Å². The molecule has 19 heavy (non-hydrogen) atoms. The molecule has 0 saturated carbocycles. The lowest BCUT2D eigenvalue weighted by molar-refractivity contribution is 0.581. The summed E-state index contributed by atoms with van der Waals surface area (Å²) in [5.74, 6) is 0. The van der Waals surface area contributed by atoms with E-state index in [1.165, 1.54) is 23.5 Å².